The number of hydrogen-bond acceptors (Lipinski definition) is 2. The number of carbonyl (C=O) groups excluding carboxylic acids is 1. The van der Waals surface area contributed by atoms with Gasteiger partial charge in [-0.2, -0.15) is 0 Å². The van der Waals surface area contributed by atoms with Crippen LogP contribution in [0.5, 0.6) is 0 Å². The maximum Gasteiger partial charge on any atom is 0.323 e. The van der Waals surface area contributed by atoms with Gasteiger partial charge in [0.05, 0.1) is 11.0 Å². The molecular formula is C16H14ClN3O2. The number of anilines is 1. The lowest BCUT2D eigenvalue weighted by Crippen LogP contribution is -2.12. The van der Waals surface area contributed by atoms with E-state index in [4.69, 9.17) is 11.6 Å². The number of hydrogen-bond donors (Lipinski definition) is 3. The maximum absolute atomic E-state index is 12.0. The van der Waals surface area contributed by atoms with Gasteiger partial charge in [-0.15, -0.1) is 0 Å². The highest BCUT2D eigenvalue weighted by Crippen LogP contribution is 2.18. The molecule has 0 fully saturated rings. The minimum Gasteiger partial charge on any atom is -0.326 e. The van der Waals surface area contributed by atoms with Gasteiger partial charge < -0.3 is 15.3 Å². The number of benzene rings is 2. The summed E-state index contributed by atoms with van der Waals surface area (Å²) in [5, 5.41) is 3.48. The van der Waals surface area contributed by atoms with Crippen LogP contribution in [-0.4, -0.2) is 15.9 Å². The number of aryl methyl sites for hydroxylation is 1. The van der Waals surface area contributed by atoms with Gasteiger partial charge in [-0.3, -0.25) is 4.79 Å². The molecule has 2 aromatic carbocycles. The van der Waals surface area contributed by atoms with Crippen molar-refractivity contribution in [1.82, 2.24) is 9.97 Å². The summed E-state index contributed by atoms with van der Waals surface area (Å²) in [6.45, 7) is 0. The summed E-state index contributed by atoms with van der Waals surface area (Å²) in [7, 11) is 0. The van der Waals surface area contributed by atoms with Gasteiger partial charge in [-0.25, -0.2) is 4.79 Å². The van der Waals surface area contributed by atoms with Crippen LogP contribution in [0, 0.1) is 0 Å². The van der Waals surface area contributed by atoms with E-state index < -0.39 is 0 Å². The summed E-state index contributed by atoms with van der Waals surface area (Å²) in [6.07, 6.45) is 0.917. The zero-order valence-corrected chi connectivity index (χ0v) is 12.4. The number of carbonyl (C=O) groups is 1. The molecule has 3 rings (SSSR count). The second kappa shape index (κ2) is 6.07. The predicted molar refractivity (Wildman–Crippen MR) is 87.3 cm³/mol. The lowest BCUT2D eigenvalue weighted by atomic mass is 10.1. The molecular weight excluding hydrogens is 302 g/mol. The van der Waals surface area contributed by atoms with Crippen molar-refractivity contribution in [1.29, 1.82) is 0 Å². The maximum atomic E-state index is 12.0. The van der Waals surface area contributed by atoms with E-state index in [0.29, 0.717) is 34.6 Å². The van der Waals surface area contributed by atoms with Crippen LogP contribution in [0.25, 0.3) is 11.0 Å². The van der Waals surface area contributed by atoms with Gasteiger partial charge in [0, 0.05) is 17.1 Å². The molecule has 0 aliphatic rings. The first kappa shape index (κ1) is 14.4. The molecule has 112 valence electrons. The summed E-state index contributed by atoms with van der Waals surface area (Å²) < 4.78 is 0. The van der Waals surface area contributed by atoms with Crippen molar-refractivity contribution >= 4 is 34.2 Å². The molecule has 0 radical (unpaired) electrons. The lowest BCUT2D eigenvalue weighted by Gasteiger charge is -2.06. The fourth-order valence-corrected chi connectivity index (χ4v) is 2.51. The summed E-state index contributed by atoms with van der Waals surface area (Å²) in [4.78, 5) is 28.5. The van der Waals surface area contributed by atoms with Gasteiger partial charge in [0.1, 0.15) is 0 Å². The topological polar surface area (TPSA) is 77.8 Å². The molecule has 0 aliphatic heterocycles. The first-order valence-electron chi connectivity index (χ1n) is 6.87. The Morgan fingerprint density at radius 3 is 2.68 bits per heavy atom. The van der Waals surface area contributed by atoms with Gasteiger partial charge in [-0.1, -0.05) is 29.8 Å². The molecule has 0 unspecified atom stereocenters. The molecule has 1 heterocycles. The standard InChI is InChI=1S/C16H14ClN3O2/c17-12-4-2-1-3-10(12)5-8-15(21)18-11-6-7-13-14(9-11)20-16(22)19-13/h1-4,6-7,9H,5,8H2,(H,18,21)(H2,19,20,22). The third-order valence-electron chi connectivity index (χ3n) is 3.38. The monoisotopic (exact) mass is 315 g/mol. The Labute approximate surface area is 131 Å². The second-order valence-corrected chi connectivity index (χ2v) is 5.39. The highest BCUT2D eigenvalue weighted by atomic mass is 35.5. The lowest BCUT2D eigenvalue weighted by molar-refractivity contribution is -0.116. The number of amides is 1. The summed E-state index contributed by atoms with van der Waals surface area (Å²) in [5.74, 6) is -0.0999. The minimum atomic E-state index is -0.266. The highest BCUT2D eigenvalue weighted by Gasteiger charge is 2.06. The van der Waals surface area contributed by atoms with E-state index in [1.165, 1.54) is 0 Å². The van der Waals surface area contributed by atoms with Crippen molar-refractivity contribution in [2.24, 2.45) is 0 Å². The SMILES string of the molecule is O=C(CCc1ccccc1Cl)Nc1ccc2[nH]c(=O)[nH]c2c1. The van der Waals surface area contributed by atoms with Crippen LogP contribution in [0.1, 0.15) is 12.0 Å². The Morgan fingerprint density at radius 2 is 1.86 bits per heavy atom. The Kier molecular flexibility index (Phi) is 3.98. The van der Waals surface area contributed by atoms with E-state index in [9.17, 15) is 9.59 Å². The number of fused-ring (bicyclic) bond motifs is 1. The molecule has 6 heteroatoms. The molecule has 3 aromatic rings. The normalized spacial score (nSPS) is 10.8. The van der Waals surface area contributed by atoms with E-state index >= 15 is 0 Å². The van der Waals surface area contributed by atoms with E-state index in [-0.39, 0.29) is 11.6 Å². The number of aromatic nitrogens is 2. The van der Waals surface area contributed by atoms with E-state index in [0.717, 1.165) is 5.56 Å². The number of aromatic amines is 2. The molecule has 22 heavy (non-hydrogen) atoms. The van der Waals surface area contributed by atoms with Crippen LogP contribution in [0.3, 0.4) is 0 Å². The fraction of sp³-hybridized carbons (Fsp3) is 0.125. The number of H-pyrrole nitrogens is 2. The van der Waals surface area contributed by atoms with Gasteiger partial charge in [0.15, 0.2) is 0 Å². The number of nitrogens with one attached hydrogen (secondary N) is 3. The summed E-state index contributed by atoms with van der Waals surface area (Å²) >= 11 is 6.07. The summed E-state index contributed by atoms with van der Waals surface area (Å²) in [5.41, 5.74) is 2.70. The third-order valence-corrected chi connectivity index (χ3v) is 3.75. The Hall–Kier alpha value is -2.53. The van der Waals surface area contributed by atoms with Gasteiger partial charge in [-0.05, 0) is 36.2 Å². The van der Waals surface area contributed by atoms with Crippen LogP contribution in [0.15, 0.2) is 47.3 Å². The van der Waals surface area contributed by atoms with Crippen molar-refractivity contribution in [3.8, 4) is 0 Å². The van der Waals surface area contributed by atoms with Crippen molar-refractivity contribution in [2.75, 3.05) is 5.32 Å². The molecule has 3 N–H and O–H groups in total. The minimum absolute atomic E-state index is 0.0999. The highest BCUT2D eigenvalue weighted by molar-refractivity contribution is 6.31. The first-order chi connectivity index (χ1) is 10.6. The predicted octanol–water partition coefficient (Wildman–Crippen LogP) is 3.08. The molecule has 1 amide bonds. The first-order valence-corrected chi connectivity index (χ1v) is 7.25. The molecule has 5 nitrogen and oxygen atoms in total. The molecule has 0 aliphatic carbocycles. The molecule has 0 spiro atoms. The third kappa shape index (κ3) is 3.20. The fourth-order valence-electron chi connectivity index (χ4n) is 2.28. The van der Waals surface area contributed by atoms with Gasteiger partial charge >= 0.3 is 5.69 Å². The quantitative estimate of drug-likeness (QED) is 0.692. The van der Waals surface area contributed by atoms with E-state index in [1.54, 1.807) is 18.2 Å². The van der Waals surface area contributed by atoms with Crippen LogP contribution in [0.2, 0.25) is 5.02 Å². The average molecular weight is 316 g/mol. The average Bonchev–Trinajstić information content (AvgIpc) is 2.86. The van der Waals surface area contributed by atoms with Crippen LogP contribution in [-0.2, 0) is 11.2 Å². The Balaban J connectivity index is 1.65. The molecule has 1 aromatic heterocycles. The number of imidazole rings is 1. The van der Waals surface area contributed by atoms with Crippen molar-refractivity contribution in [3.05, 3.63) is 63.5 Å². The van der Waals surface area contributed by atoms with Gasteiger partial charge in [0.2, 0.25) is 5.91 Å². The van der Waals surface area contributed by atoms with Crippen molar-refractivity contribution < 1.29 is 4.79 Å². The molecule has 0 saturated carbocycles. The summed E-state index contributed by atoms with van der Waals surface area (Å²) in [6, 6.07) is 12.7. The Morgan fingerprint density at radius 1 is 1.09 bits per heavy atom. The van der Waals surface area contributed by atoms with Crippen LogP contribution < -0.4 is 11.0 Å². The van der Waals surface area contributed by atoms with E-state index in [1.807, 2.05) is 24.3 Å². The number of halogens is 1. The second-order valence-electron chi connectivity index (χ2n) is 4.98. The van der Waals surface area contributed by atoms with Crippen molar-refractivity contribution in [2.45, 2.75) is 12.8 Å². The van der Waals surface area contributed by atoms with Crippen LogP contribution in [0.4, 0.5) is 5.69 Å². The zero-order chi connectivity index (χ0) is 15.5. The van der Waals surface area contributed by atoms with Gasteiger partial charge in [0.25, 0.3) is 0 Å². The Bertz CT molecular complexity index is 882. The largest absolute Gasteiger partial charge is 0.326 e. The zero-order valence-electron chi connectivity index (χ0n) is 11.7. The number of rotatable bonds is 4. The molecule has 0 atom stereocenters. The molecule has 0 bridgehead atoms. The van der Waals surface area contributed by atoms with Crippen LogP contribution >= 0.6 is 11.6 Å². The molecule has 0 saturated heterocycles. The van der Waals surface area contributed by atoms with Crippen molar-refractivity contribution in [3.63, 3.8) is 0 Å². The smallest absolute Gasteiger partial charge is 0.323 e. The van der Waals surface area contributed by atoms with E-state index in [2.05, 4.69) is 15.3 Å².